The minimum Gasteiger partial charge on any atom is -0.496 e. The van der Waals surface area contributed by atoms with Crippen molar-refractivity contribution in [3.05, 3.63) is 58.3 Å². The molecule has 1 aromatic heterocycles. The second-order valence-electron chi connectivity index (χ2n) is 4.71. The number of ether oxygens (including phenoxy) is 1. The molecule has 0 saturated heterocycles. The van der Waals surface area contributed by atoms with Gasteiger partial charge in [0.05, 0.1) is 7.11 Å². The number of halogens is 2. The molecule has 0 aliphatic carbocycles. The highest BCUT2D eigenvalue weighted by Gasteiger charge is 2.13. The van der Waals surface area contributed by atoms with Gasteiger partial charge in [0.1, 0.15) is 5.75 Å². The van der Waals surface area contributed by atoms with Crippen LogP contribution in [0.2, 0.25) is 0 Å². The number of hydrogen-bond acceptors (Lipinski definition) is 2. The highest BCUT2D eigenvalue weighted by Crippen LogP contribution is 2.23. The summed E-state index contributed by atoms with van der Waals surface area (Å²) in [5, 5.41) is 0.947. The van der Waals surface area contributed by atoms with Crippen molar-refractivity contribution in [2.75, 3.05) is 12.4 Å². The van der Waals surface area contributed by atoms with Gasteiger partial charge >= 0.3 is 0 Å². The second kappa shape index (κ2) is 7.79. The summed E-state index contributed by atoms with van der Waals surface area (Å²) >= 11 is 7.03. The normalized spacial score (nSPS) is 12.2. The molecule has 0 fully saturated rings. The molecular weight excluding hydrogens is 382 g/mol. The molecule has 4 heteroatoms. The standard InChI is InChI=1S/C16H17Br2NO/c1-20-16-5-3-2-4-13(16)8-12(10-17)9-15-7-6-14(18)11-19-15/h2-7,11-12H,8-10H2,1H3. The molecule has 1 atom stereocenters. The summed E-state index contributed by atoms with van der Waals surface area (Å²) in [6.45, 7) is 0. The fourth-order valence-electron chi connectivity index (χ4n) is 2.19. The van der Waals surface area contributed by atoms with E-state index in [1.807, 2.05) is 24.4 Å². The predicted molar refractivity (Wildman–Crippen MR) is 89.6 cm³/mol. The van der Waals surface area contributed by atoms with Crippen molar-refractivity contribution in [2.45, 2.75) is 12.8 Å². The van der Waals surface area contributed by atoms with Crippen molar-refractivity contribution < 1.29 is 4.74 Å². The number of nitrogens with zero attached hydrogens (tertiary/aromatic N) is 1. The number of aromatic nitrogens is 1. The van der Waals surface area contributed by atoms with Gasteiger partial charge in [-0.3, -0.25) is 4.98 Å². The van der Waals surface area contributed by atoms with Crippen molar-refractivity contribution in [1.29, 1.82) is 0 Å². The predicted octanol–water partition coefficient (Wildman–Crippen LogP) is 4.65. The average Bonchev–Trinajstić information content (AvgIpc) is 2.49. The lowest BCUT2D eigenvalue weighted by Gasteiger charge is -2.16. The van der Waals surface area contributed by atoms with Gasteiger partial charge in [0, 0.05) is 21.7 Å². The van der Waals surface area contributed by atoms with Gasteiger partial charge < -0.3 is 4.74 Å². The van der Waals surface area contributed by atoms with E-state index in [1.165, 1.54) is 5.56 Å². The van der Waals surface area contributed by atoms with Crippen molar-refractivity contribution in [3.63, 3.8) is 0 Å². The van der Waals surface area contributed by atoms with E-state index in [0.29, 0.717) is 5.92 Å². The molecule has 2 aromatic rings. The lowest BCUT2D eigenvalue weighted by molar-refractivity contribution is 0.405. The van der Waals surface area contributed by atoms with Crippen molar-refractivity contribution in [1.82, 2.24) is 4.98 Å². The number of para-hydroxylation sites is 1. The van der Waals surface area contributed by atoms with E-state index >= 15 is 0 Å². The summed E-state index contributed by atoms with van der Waals surface area (Å²) in [6, 6.07) is 12.3. The Morgan fingerprint density at radius 2 is 1.95 bits per heavy atom. The summed E-state index contributed by atoms with van der Waals surface area (Å²) in [4.78, 5) is 4.45. The smallest absolute Gasteiger partial charge is 0.122 e. The first-order valence-corrected chi connectivity index (χ1v) is 8.42. The van der Waals surface area contributed by atoms with Crippen molar-refractivity contribution in [3.8, 4) is 5.75 Å². The third-order valence-electron chi connectivity index (χ3n) is 3.21. The quantitative estimate of drug-likeness (QED) is 0.660. The molecule has 1 unspecified atom stereocenters. The molecule has 2 nitrogen and oxygen atoms in total. The van der Waals surface area contributed by atoms with Crippen LogP contribution in [0.5, 0.6) is 5.75 Å². The molecule has 0 aliphatic rings. The summed E-state index contributed by atoms with van der Waals surface area (Å²) < 4.78 is 6.43. The Hall–Kier alpha value is -0.870. The van der Waals surface area contributed by atoms with E-state index in [1.54, 1.807) is 7.11 Å². The number of pyridine rings is 1. The molecule has 0 N–H and O–H groups in total. The van der Waals surface area contributed by atoms with Crippen LogP contribution in [0.15, 0.2) is 47.1 Å². The summed E-state index contributed by atoms with van der Waals surface area (Å²) in [5.74, 6) is 1.46. The van der Waals surface area contributed by atoms with Crippen LogP contribution in [0.4, 0.5) is 0 Å². The zero-order valence-electron chi connectivity index (χ0n) is 11.4. The molecule has 0 bridgehead atoms. The highest BCUT2D eigenvalue weighted by atomic mass is 79.9. The molecule has 2 rings (SSSR count). The van der Waals surface area contributed by atoms with Crippen molar-refractivity contribution in [2.24, 2.45) is 5.92 Å². The Bertz CT molecular complexity index is 542. The zero-order chi connectivity index (χ0) is 14.4. The zero-order valence-corrected chi connectivity index (χ0v) is 14.5. The Morgan fingerprint density at radius 1 is 1.15 bits per heavy atom. The van der Waals surface area contributed by atoms with Crippen LogP contribution in [0.3, 0.4) is 0 Å². The van der Waals surface area contributed by atoms with Crippen LogP contribution in [-0.4, -0.2) is 17.4 Å². The molecule has 1 heterocycles. The number of alkyl halides is 1. The van der Waals surface area contributed by atoms with Gasteiger partial charge in [0.15, 0.2) is 0 Å². The summed E-state index contributed by atoms with van der Waals surface area (Å²) in [7, 11) is 1.72. The third-order valence-corrected chi connectivity index (χ3v) is 4.59. The minimum atomic E-state index is 0.500. The van der Waals surface area contributed by atoms with Gasteiger partial charge in [0.2, 0.25) is 0 Å². The first kappa shape index (κ1) is 15.5. The van der Waals surface area contributed by atoms with Gasteiger partial charge in [-0.1, -0.05) is 34.1 Å². The van der Waals surface area contributed by atoms with Crippen LogP contribution in [0.1, 0.15) is 11.3 Å². The highest BCUT2D eigenvalue weighted by molar-refractivity contribution is 9.10. The van der Waals surface area contributed by atoms with Crippen LogP contribution in [0, 0.1) is 5.92 Å². The van der Waals surface area contributed by atoms with E-state index in [9.17, 15) is 0 Å². The SMILES string of the molecule is COc1ccccc1CC(CBr)Cc1ccc(Br)cn1. The van der Waals surface area contributed by atoms with Crippen LogP contribution in [0.25, 0.3) is 0 Å². The van der Waals surface area contributed by atoms with E-state index in [0.717, 1.165) is 34.1 Å². The minimum absolute atomic E-state index is 0.500. The first-order chi connectivity index (χ1) is 9.72. The average molecular weight is 399 g/mol. The maximum absolute atomic E-state index is 5.42. The maximum Gasteiger partial charge on any atom is 0.122 e. The fraction of sp³-hybridized carbons (Fsp3) is 0.312. The van der Waals surface area contributed by atoms with Gasteiger partial charge in [-0.2, -0.15) is 0 Å². The molecule has 0 saturated carbocycles. The number of hydrogen-bond donors (Lipinski definition) is 0. The van der Waals surface area contributed by atoms with Gasteiger partial charge in [0.25, 0.3) is 0 Å². The number of benzene rings is 1. The third kappa shape index (κ3) is 4.32. The van der Waals surface area contributed by atoms with Gasteiger partial charge in [-0.05, 0) is 58.5 Å². The number of rotatable bonds is 6. The Morgan fingerprint density at radius 3 is 2.60 bits per heavy atom. The van der Waals surface area contributed by atoms with Crippen LogP contribution in [-0.2, 0) is 12.8 Å². The first-order valence-electron chi connectivity index (χ1n) is 6.51. The monoisotopic (exact) mass is 397 g/mol. The summed E-state index contributed by atoms with van der Waals surface area (Å²) in [6.07, 6.45) is 3.79. The fourth-order valence-corrected chi connectivity index (χ4v) is 2.88. The molecule has 106 valence electrons. The maximum atomic E-state index is 5.42. The Balaban J connectivity index is 2.07. The molecule has 20 heavy (non-hydrogen) atoms. The molecule has 1 aromatic carbocycles. The topological polar surface area (TPSA) is 22.1 Å². The molecule has 0 aliphatic heterocycles. The number of methoxy groups -OCH3 is 1. The Labute approximate surface area is 136 Å². The largest absolute Gasteiger partial charge is 0.496 e. The van der Waals surface area contributed by atoms with Gasteiger partial charge in [-0.25, -0.2) is 0 Å². The van der Waals surface area contributed by atoms with E-state index in [4.69, 9.17) is 4.74 Å². The molecule has 0 spiro atoms. The van der Waals surface area contributed by atoms with Crippen LogP contribution < -0.4 is 4.74 Å². The van der Waals surface area contributed by atoms with Gasteiger partial charge in [-0.15, -0.1) is 0 Å². The van der Waals surface area contributed by atoms with E-state index in [2.05, 4.69) is 55.0 Å². The molecule has 0 amide bonds. The molecule has 0 radical (unpaired) electrons. The van der Waals surface area contributed by atoms with Crippen LogP contribution >= 0.6 is 31.9 Å². The van der Waals surface area contributed by atoms with Crippen molar-refractivity contribution >= 4 is 31.9 Å². The lowest BCUT2D eigenvalue weighted by atomic mass is 9.96. The van der Waals surface area contributed by atoms with E-state index in [-0.39, 0.29) is 0 Å². The summed E-state index contributed by atoms with van der Waals surface area (Å²) in [5.41, 5.74) is 2.36. The second-order valence-corrected chi connectivity index (χ2v) is 6.27. The Kier molecular flexibility index (Phi) is 6.05. The molecular formula is C16H17Br2NO. The lowest BCUT2D eigenvalue weighted by Crippen LogP contribution is -2.11. The van der Waals surface area contributed by atoms with E-state index < -0.39 is 0 Å².